The van der Waals surface area contributed by atoms with Crippen molar-refractivity contribution in [2.24, 2.45) is 0 Å². The highest BCUT2D eigenvalue weighted by Crippen LogP contribution is 2.30. The van der Waals surface area contributed by atoms with Crippen molar-refractivity contribution in [2.75, 3.05) is 6.54 Å². The highest BCUT2D eigenvalue weighted by atomic mass is 32.2. The van der Waals surface area contributed by atoms with Crippen LogP contribution in [0, 0.1) is 5.82 Å². The predicted octanol–water partition coefficient (Wildman–Crippen LogP) is 3.53. The third kappa shape index (κ3) is 6.17. The lowest BCUT2D eigenvalue weighted by Crippen LogP contribution is -2.56. The van der Waals surface area contributed by atoms with E-state index < -0.39 is 51.7 Å². The third-order valence-electron chi connectivity index (χ3n) is 6.26. The number of nitrogens with zero attached hydrogens (tertiary/aromatic N) is 2. The van der Waals surface area contributed by atoms with E-state index >= 15 is 0 Å². The van der Waals surface area contributed by atoms with Gasteiger partial charge in [0.2, 0.25) is 11.8 Å². The Balaban J connectivity index is 1.74. The Hall–Kier alpha value is -4.05. The molecule has 1 N–H and O–H groups in total. The molecule has 204 valence electrons. The van der Waals surface area contributed by atoms with Crippen molar-refractivity contribution in [2.45, 2.75) is 50.2 Å². The van der Waals surface area contributed by atoms with Crippen molar-refractivity contribution in [3.8, 4) is 0 Å². The quantitative estimate of drug-likeness (QED) is 0.462. The van der Waals surface area contributed by atoms with Crippen molar-refractivity contribution < 1.29 is 27.2 Å². The summed E-state index contributed by atoms with van der Waals surface area (Å²) < 4.78 is 41.5. The van der Waals surface area contributed by atoms with Gasteiger partial charge < -0.3 is 10.2 Å². The van der Waals surface area contributed by atoms with Crippen LogP contribution in [0.3, 0.4) is 0 Å². The van der Waals surface area contributed by atoms with Gasteiger partial charge in [0.15, 0.2) is 0 Å². The van der Waals surface area contributed by atoms with Crippen LogP contribution in [0.4, 0.5) is 4.39 Å². The summed E-state index contributed by atoms with van der Waals surface area (Å²) in [5, 5.41) is 2.88. The van der Waals surface area contributed by atoms with Crippen LogP contribution in [0.25, 0.3) is 0 Å². The zero-order chi connectivity index (χ0) is 28.4. The molecule has 0 spiro atoms. The molecule has 1 aliphatic rings. The van der Waals surface area contributed by atoms with Crippen molar-refractivity contribution >= 4 is 27.7 Å². The number of benzene rings is 3. The van der Waals surface area contributed by atoms with E-state index in [2.05, 4.69) is 5.32 Å². The normalized spacial score (nSPS) is 15.0. The maximum absolute atomic E-state index is 14.7. The van der Waals surface area contributed by atoms with Crippen LogP contribution in [0.15, 0.2) is 83.8 Å². The van der Waals surface area contributed by atoms with E-state index in [0.717, 1.165) is 10.5 Å². The molecule has 0 aromatic heterocycles. The number of fused-ring (bicyclic) bond motifs is 1. The molecule has 0 unspecified atom stereocenters. The first-order valence-corrected chi connectivity index (χ1v) is 13.9. The summed E-state index contributed by atoms with van der Waals surface area (Å²) in [6.45, 7) is 4.23. The first-order chi connectivity index (χ1) is 18.4. The Morgan fingerprint density at radius 1 is 0.949 bits per heavy atom. The number of amides is 3. The molecule has 1 atom stereocenters. The Bertz CT molecular complexity index is 1500. The van der Waals surface area contributed by atoms with Gasteiger partial charge in [-0.1, -0.05) is 60.7 Å². The average Bonchev–Trinajstić information content (AvgIpc) is 3.07. The molecule has 0 fully saturated rings. The van der Waals surface area contributed by atoms with E-state index in [1.54, 1.807) is 51.1 Å². The molecule has 3 aromatic carbocycles. The van der Waals surface area contributed by atoms with Gasteiger partial charge in [-0.05, 0) is 44.5 Å². The fourth-order valence-electron chi connectivity index (χ4n) is 4.42. The summed E-state index contributed by atoms with van der Waals surface area (Å²) in [5.41, 5.74) is 0.216. The number of carbonyl (C=O) groups excluding carboxylic acids is 3. The maximum atomic E-state index is 14.7. The van der Waals surface area contributed by atoms with Crippen molar-refractivity contribution in [1.82, 2.24) is 14.5 Å². The molecule has 0 saturated heterocycles. The molecular formula is C29H30FN3O5S. The Kier molecular flexibility index (Phi) is 7.87. The van der Waals surface area contributed by atoms with E-state index in [1.165, 1.54) is 42.5 Å². The van der Waals surface area contributed by atoms with E-state index in [4.69, 9.17) is 0 Å². The topological polar surface area (TPSA) is 104 Å². The van der Waals surface area contributed by atoms with Gasteiger partial charge in [-0.3, -0.25) is 14.4 Å². The van der Waals surface area contributed by atoms with Gasteiger partial charge in [0.05, 0.1) is 5.56 Å². The van der Waals surface area contributed by atoms with E-state index in [1.807, 2.05) is 6.07 Å². The average molecular weight is 552 g/mol. The van der Waals surface area contributed by atoms with Gasteiger partial charge in [0.1, 0.15) is 23.3 Å². The summed E-state index contributed by atoms with van der Waals surface area (Å²) in [6.07, 6.45) is 0.0872. The van der Waals surface area contributed by atoms with Crippen molar-refractivity contribution in [1.29, 1.82) is 0 Å². The molecule has 0 saturated carbocycles. The molecule has 8 nitrogen and oxygen atoms in total. The van der Waals surface area contributed by atoms with Crippen LogP contribution < -0.4 is 5.32 Å². The lowest BCUT2D eigenvalue weighted by molar-refractivity contribution is -0.141. The number of rotatable bonds is 8. The van der Waals surface area contributed by atoms with Crippen LogP contribution >= 0.6 is 0 Å². The van der Waals surface area contributed by atoms with Crippen LogP contribution in [0.1, 0.15) is 42.3 Å². The molecule has 0 aliphatic carbocycles. The summed E-state index contributed by atoms with van der Waals surface area (Å²) in [7, 11) is -4.28. The molecule has 0 bridgehead atoms. The second-order valence-electron chi connectivity index (χ2n) is 10.4. The van der Waals surface area contributed by atoms with Gasteiger partial charge in [-0.25, -0.2) is 17.1 Å². The maximum Gasteiger partial charge on any atom is 0.269 e. The Morgan fingerprint density at radius 2 is 1.56 bits per heavy atom. The van der Waals surface area contributed by atoms with Gasteiger partial charge in [0.25, 0.3) is 15.9 Å². The van der Waals surface area contributed by atoms with Gasteiger partial charge in [-0.2, -0.15) is 0 Å². The Morgan fingerprint density at radius 3 is 2.21 bits per heavy atom. The van der Waals surface area contributed by atoms with Crippen LogP contribution in [-0.4, -0.2) is 53.5 Å². The minimum Gasteiger partial charge on any atom is -0.350 e. The number of sulfonamides is 1. The lowest BCUT2D eigenvalue weighted by Gasteiger charge is -2.34. The first kappa shape index (κ1) is 28.0. The Labute approximate surface area is 227 Å². The van der Waals surface area contributed by atoms with Crippen LogP contribution in [-0.2, 0) is 32.6 Å². The summed E-state index contributed by atoms with van der Waals surface area (Å²) in [5.74, 6) is -2.71. The number of hydrogen-bond acceptors (Lipinski definition) is 5. The van der Waals surface area contributed by atoms with Gasteiger partial charge >= 0.3 is 0 Å². The predicted molar refractivity (Wildman–Crippen MR) is 143 cm³/mol. The fraction of sp³-hybridized carbons (Fsp3) is 0.276. The second kappa shape index (κ2) is 11.0. The lowest BCUT2D eigenvalue weighted by atomic mass is 10.0. The smallest absolute Gasteiger partial charge is 0.269 e. The number of carbonyl (C=O) groups is 3. The molecule has 1 heterocycles. The van der Waals surface area contributed by atoms with E-state index in [9.17, 15) is 27.2 Å². The van der Waals surface area contributed by atoms with Gasteiger partial charge in [0, 0.05) is 24.1 Å². The third-order valence-corrected chi connectivity index (χ3v) is 8.05. The highest BCUT2D eigenvalue weighted by Gasteiger charge is 2.43. The molecule has 4 rings (SSSR count). The van der Waals surface area contributed by atoms with E-state index in [-0.39, 0.29) is 29.0 Å². The van der Waals surface area contributed by atoms with Crippen LogP contribution in [0.5, 0.6) is 0 Å². The van der Waals surface area contributed by atoms with Crippen molar-refractivity contribution in [3.63, 3.8) is 0 Å². The number of hydrogen-bond donors (Lipinski definition) is 1. The number of nitrogens with one attached hydrogen (secondary N) is 1. The number of halogens is 1. The van der Waals surface area contributed by atoms with Gasteiger partial charge in [-0.15, -0.1) is 0 Å². The summed E-state index contributed by atoms with van der Waals surface area (Å²) in [6, 6.07) is 19.4. The van der Waals surface area contributed by atoms with Crippen molar-refractivity contribution in [3.05, 3.63) is 101 Å². The second-order valence-corrected chi connectivity index (χ2v) is 12.2. The molecule has 3 amide bonds. The zero-order valence-electron chi connectivity index (χ0n) is 21.9. The molecule has 0 radical (unpaired) electrons. The fourth-order valence-corrected chi connectivity index (χ4v) is 5.94. The molecule has 10 heteroatoms. The minimum atomic E-state index is -4.28. The largest absolute Gasteiger partial charge is 0.350 e. The highest BCUT2D eigenvalue weighted by molar-refractivity contribution is 7.90. The zero-order valence-corrected chi connectivity index (χ0v) is 22.7. The minimum absolute atomic E-state index is 0.0303. The molecule has 3 aromatic rings. The monoisotopic (exact) mass is 551 g/mol. The summed E-state index contributed by atoms with van der Waals surface area (Å²) >= 11 is 0. The van der Waals surface area contributed by atoms with Crippen LogP contribution in [0.2, 0.25) is 0 Å². The molecule has 39 heavy (non-hydrogen) atoms. The molecule has 1 aliphatic heterocycles. The van der Waals surface area contributed by atoms with E-state index in [0.29, 0.717) is 4.31 Å². The molecular weight excluding hydrogens is 521 g/mol. The first-order valence-electron chi connectivity index (χ1n) is 12.4. The standard InChI is InChI=1S/C29H30FN3O5S/c1-29(2,3)31-27(35)24(17-20-11-5-4-6-12-20)32(18-21-13-7-9-15-23(21)30)26(34)19-33-28(36)22-14-8-10-16-25(22)39(33,37)38/h4-16,24H,17-19H2,1-3H3,(H,31,35)/t24-/m0/s1. The summed E-state index contributed by atoms with van der Waals surface area (Å²) in [4.78, 5) is 41.4. The SMILES string of the molecule is CC(C)(C)NC(=O)[C@H](Cc1ccccc1)N(Cc1ccccc1F)C(=O)CN1C(=O)c2ccccc2S1(=O)=O.